The summed E-state index contributed by atoms with van der Waals surface area (Å²) in [7, 11) is 0. The molecule has 0 spiro atoms. The predicted octanol–water partition coefficient (Wildman–Crippen LogP) is 3.55. The first-order valence-corrected chi connectivity index (χ1v) is 8.66. The number of amides is 1. The van der Waals surface area contributed by atoms with Gasteiger partial charge in [-0.2, -0.15) is 0 Å². The SMILES string of the molecule is O=C(N[C@H]1C=C[C@@H](C(=O)O)C1)OCC1c2ccccc2-c2ccccc21. The van der Waals surface area contributed by atoms with E-state index in [-0.39, 0.29) is 18.6 Å². The second-order valence-corrected chi connectivity index (χ2v) is 6.64. The van der Waals surface area contributed by atoms with Crippen molar-refractivity contribution in [3.8, 4) is 11.1 Å². The molecule has 0 bridgehead atoms. The van der Waals surface area contributed by atoms with Gasteiger partial charge in [0.25, 0.3) is 0 Å². The molecule has 4 rings (SSSR count). The number of aliphatic carboxylic acids is 1. The molecule has 0 aliphatic heterocycles. The van der Waals surface area contributed by atoms with Crippen LogP contribution in [0.4, 0.5) is 4.79 Å². The van der Waals surface area contributed by atoms with Crippen molar-refractivity contribution in [3.63, 3.8) is 0 Å². The second-order valence-electron chi connectivity index (χ2n) is 6.64. The van der Waals surface area contributed by atoms with Crippen LogP contribution in [0.3, 0.4) is 0 Å². The number of carbonyl (C=O) groups is 2. The molecule has 0 fully saturated rings. The largest absolute Gasteiger partial charge is 0.481 e. The Morgan fingerprint density at radius 2 is 1.62 bits per heavy atom. The fourth-order valence-corrected chi connectivity index (χ4v) is 3.78. The lowest BCUT2D eigenvalue weighted by Gasteiger charge is -2.16. The first-order chi connectivity index (χ1) is 12.6. The fraction of sp³-hybridized carbons (Fsp3) is 0.238. The molecule has 2 aromatic carbocycles. The first kappa shape index (κ1) is 16.4. The highest BCUT2D eigenvalue weighted by atomic mass is 16.5. The van der Waals surface area contributed by atoms with Gasteiger partial charge in [-0.05, 0) is 28.7 Å². The molecule has 132 valence electrons. The summed E-state index contributed by atoms with van der Waals surface area (Å²) in [4.78, 5) is 23.1. The molecule has 1 amide bonds. The van der Waals surface area contributed by atoms with Gasteiger partial charge in [0.15, 0.2) is 0 Å². The van der Waals surface area contributed by atoms with E-state index in [2.05, 4.69) is 29.6 Å². The van der Waals surface area contributed by atoms with E-state index in [1.807, 2.05) is 24.3 Å². The molecular formula is C21H19NO4. The molecule has 5 nitrogen and oxygen atoms in total. The molecular weight excluding hydrogens is 330 g/mol. The Kier molecular flexibility index (Phi) is 4.21. The summed E-state index contributed by atoms with van der Waals surface area (Å²) in [6, 6.07) is 16.0. The van der Waals surface area contributed by atoms with E-state index in [9.17, 15) is 9.59 Å². The lowest BCUT2D eigenvalue weighted by atomic mass is 9.98. The number of rotatable bonds is 4. The van der Waals surface area contributed by atoms with Crippen LogP contribution in [0.2, 0.25) is 0 Å². The summed E-state index contributed by atoms with van der Waals surface area (Å²) in [6.07, 6.45) is 3.16. The monoisotopic (exact) mass is 349 g/mol. The topological polar surface area (TPSA) is 75.6 Å². The minimum Gasteiger partial charge on any atom is -0.481 e. The minimum absolute atomic E-state index is 0.0130. The van der Waals surface area contributed by atoms with E-state index < -0.39 is 18.0 Å². The van der Waals surface area contributed by atoms with Crippen molar-refractivity contribution in [2.75, 3.05) is 6.61 Å². The molecule has 0 saturated carbocycles. The Morgan fingerprint density at radius 1 is 1.00 bits per heavy atom. The van der Waals surface area contributed by atoms with Crippen molar-refractivity contribution in [3.05, 3.63) is 71.8 Å². The van der Waals surface area contributed by atoms with Crippen molar-refractivity contribution in [1.82, 2.24) is 5.32 Å². The number of ether oxygens (including phenoxy) is 1. The van der Waals surface area contributed by atoms with Crippen molar-refractivity contribution < 1.29 is 19.4 Å². The van der Waals surface area contributed by atoms with Gasteiger partial charge in [0, 0.05) is 5.92 Å². The van der Waals surface area contributed by atoms with Gasteiger partial charge >= 0.3 is 12.1 Å². The zero-order chi connectivity index (χ0) is 18.1. The fourth-order valence-electron chi connectivity index (χ4n) is 3.78. The molecule has 0 heterocycles. The summed E-state index contributed by atoms with van der Waals surface area (Å²) in [5.41, 5.74) is 4.68. The maximum absolute atomic E-state index is 12.1. The number of carboxylic acids is 1. The van der Waals surface area contributed by atoms with E-state index in [0.717, 1.165) is 11.1 Å². The quantitative estimate of drug-likeness (QED) is 0.828. The van der Waals surface area contributed by atoms with Crippen LogP contribution >= 0.6 is 0 Å². The number of hydrogen-bond acceptors (Lipinski definition) is 3. The van der Waals surface area contributed by atoms with Crippen LogP contribution in [0.15, 0.2) is 60.7 Å². The van der Waals surface area contributed by atoms with Gasteiger partial charge in [-0.3, -0.25) is 4.79 Å². The highest BCUT2D eigenvalue weighted by Crippen LogP contribution is 2.44. The Hall–Kier alpha value is -3.08. The summed E-state index contributed by atoms with van der Waals surface area (Å²) in [6.45, 7) is 0.249. The van der Waals surface area contributed by atoms with Crippen LogP contribution in [0, 0.1) is 5.92 Å². The molecule has 0 aromatic heterocycles. The Morgan fingerprint density at radius 3 is 2.19 bits per heavy atom. The average molecular weight is 349 g/mol. The first-order valence-electron chi connectivity index (χ1n) is 8.66. The van der Waals surface area contributed by atoms with E-state index >= 15 is 0 Å². The summed E-state index contributed by atoms with van der Waals surface area (Å²) >= 11 is 0. The van der Waals surface area contributed by atoms with Crippen molar-refractivity contribution in [2.24, 2.45) is 5.92 Å². The molecule has 2 atom stereocenters. The van der Waals surface area contributed by atoms with E-state index in [0.29, 0.717) is 6.42 Å². The van der Waals surface area contributed by atoms with Crippen molar-refractivity contribution in [1.29, 1.82) is 0 Å². The number of nitrogens with one attached hydrogen (secondary N) is 1. The Labute approximate surface area is 151 Å². The molecule has 2 aliphatic carbocycles. The normalized spacial score (nSPS) is 20.5. The smallest absolute Gasteiger partial charge is 0.407 e. The second kappa shape index (κ2) is 6.67. The molecule has 0 saturated heterocycles. The standard InChI is InChI=1S/C21H19NO4/c23-20(24)13-9-10-14(11-13)22-21(25)26-12-19-17-7-3-1-5-15(17)16-6-2-4-8-18(16)19/h1-10,13-14,19H,11-12H2,(H,22,25)(H,23,24)/t13-,14+/m1/s1. The average Bonchev–Trinajstić information content (AvgIpc) is 3.23. The number of hydrogen-bond donors (Lipinski definition) is 2. The zero-order valence-corrected chi connectivity index (χ0v) is 14.1. The summed E-state index contributed by atoms with van der Waals surface area (Å²) < 4.78 is 5.47. The van der Waals surface area contributed by atoms with Gasteiger partial charge in [-0.15, -0.1) is 0 Å². The Bertz CT molecular complexity index is 844. The maximum atomic E-state index is 12.1. The van der Waals surface area contributed by atoms with Crippen LogP contribution in [0.1, 0.15) is 23.5 Å². The zero-order valence-electron chi connectivity index (χ0n) is 14.1. The van der Waals surface area contributed by atoms with Gasteiger partial charge in [0.1, 0.15) is 6.61 Å². The van der Waals surface area contributed by atoms with Crippen LogP contribution in [0.25, 0.3) is 11.1 Å². The van der Waals surface area contributed by atoms with Crippen LogP contribution in [-0.2, 0) is 9.53 Å². The highest BCUT2D eigenvalue weighted by Gasteiger charge is 2.30. The number of carboxylic acid groups (broad SMARTS) is 1. The van der Waals surface area contributed by atoms with Gasteiger partial charge < -0.3 is 15.2 Å². The molecule has 0 unspecified atom stereocenters. The van der Waals surface area contributed by atoms with Crippen LogP contribution in [0.5, 0.6) is 0 Å². The third kappa shape index (κ3) is 2.96. The van der Waals surface area contributed by atoms with Crippen LogP contribution < -0.4 is 5.32 Å². The van der Waals surface area contributed by atoms with Gasteiger partial charge in [0.2, 0.25) is 0 Å². The van der Waals surface area contributed by atoms with E-state index in [4.69, 9.17) is 9.84 Å². The third-order valence-corrected chi connectivity index (χ3v) is 5.05. The maximum Gasteiger partial charge on any atom is 0.407 e. The van der Waals surface area contributed by atoms with E-state index in [1.54, 1.807) is 12.2 Å². The lowest BCUT2D eigenvalue weighted by Crippen LogP contribution is -2.34. The highest BCUT2D eigenvalue weighted by molar-refractivity contribution is 5.79. The number of alkyl carbamates (subject to hydrolysis) is 1. The lowest BCUT2D eigenvalue weighted by molar-refractivity contribution is -0.140. The van der Waals surface area contributed by atoms with Gasteiger partial charge in [-0.25, -0.2) is 4.79 Å². The van der Waals surface area contributed by atoms with Crippen LogP contribution in [-0.4, -0.2) is 29.8 Å². The molecule has 2 aromatic rings. The number of carbonyl (C=O) groups excluding carboxylic acids is 1. The molecule has 5 heteroatoms. The minimum atomic E-state index is -0.877. The predicted molar refractivity (Wildman–Crippen MR) is 96.9 cm³/mol. The molecule has 26 heavy (non-hydrogen) atoms. The van der Waals surface area contributed by atoms with Crippen molar-refractivity contribution >= 4 is 12.1 Å². The Balaban J connectivity index is 1.41. The van der Waals surface area contributed by atoms with Gasteiger partial charge in [0.05, 0.1) is 12.0 Å². The number of benzene rings is 2. The van der Waals surface area contributed by atoms with Gasteiger partial charge in [-0.1, -0.05) is 60.7 Å². The summed E-state index contributed by atoms with van der Waals surface area (Å²) in [5.74, 6) is -1.41. The summed E-state index contributed by atoms with van der Waals surface area (Å²) in [5, 5.41) is 11.7. The number of fused-ring (bicyclic) bond motifs is 3. The van der Waals surface area contributed by atoms with Crippen molar-refractivity contribution in [2.45, 2.75) is 18.4 Å². The molecule has 0 radical (unpaired) electrons. The molecule has 2 aliphatic rings. The molecule has 2 N–H and O–H groups in total. The van der Waals surface area contributed by atoms with E-state index in [1.165, 1.54) is 11.1 Å². The third-order valence-electron chi connectivity index (χ3n) is 5.05.